The first kappa shape index (κ1) is 25.5. The quantitative estimate of drug-likeness (QED) is 0.203. The maximum Gasteiger partial charge on any atom is 0.271 e. The molecule has 4 aromatic carbocycles. The lowest BCUT2D eigenvalue weighted by atomic mass is 9.90. The van der Waals surface area contributed by atoms with E-state index in [0.717, 1.165) is 39.2 Å². The summed E-state index contributed by atoms with van der Waals surface area (Å²) in [5.74, 6) is -0.202. The summed E-state index contributed by atoms with van der Waals surface area (Å²) < 4.78 is 0. The van der Waals surface area contributed by atoms with Crippen LogP contribution in [0.2, 0.25) is 0 Å². The number of hydrazone groups is 2. The fourth-order valence-electron chi connectivity index (χ4n) is 5.07. The molecule has 2 heterocycles. The molecule has 2 aliphatic heterocycles. The number of carbonyl (C=O) groups is 1. The monoisotopic (exact) mass is 547 g/mol. The Morgan fingerprint density at radius 1 is 0.825 bits per heavy atom. The summed E-state index contributed by atoms with van der Waals surface area (Å²) in [7, 11) is 0. The molecule has 198 valence electrons. The SMILES string of the molecule is CC(=O)C1=NN(c2cccc([N+](=O)[O-])c2)[C@]2(S1)c1ccccc1C(c1cc(C)ccc1C)=NN2c1ccccc1. The summed E-state index contributed by atoms with van der Waals surface area (Å²) in [4.78, 5) is 22.9. The normalized spacial score (nSPS) is 17.9. The molecule has 8 nitrogen and oxygen atoms in total. The number of ketones is 1. The molecule has 0 fully saturated rings. The third-order valence-corrected chi connectivity index (χ3v) is 8.39. The number of hydrogen-bond acceptors (Lipinski definition) is 8. The summed E-state index contributed by atoms with van der Waals surface area (Å²) in [6.07, 6.45) is 0. The number of thioether (sulfide) groups is 1. The van der Waals surface area contributed by atoms with E-state index in [9.17, 15) is 14.9 Å². The van der Waals surface area contributed by atoms with Gasteiger partial charge >= 0.3 is 0 Å². The van der Waals surface area contributed by atoms with Crippen LogP contribution in [0.4, 0.5) is 17.1 Å². The Morgan fingerprint density at radius 2 is 1.52 bits per heavy atom. The zero-order chi connectivity index (χ0) is 28.0. The van der Waals surface area contributed by atoms with Gasteiger partial charge < -0.3 is 0 Å². The van der Waals surface area contributed by atoms with Crippen molar-refractivity contribution >= 4 is 45.4 Å². The average Bonchev–Trinajstić information content (AvgIpc) is 3.37. The average molecular weight is 548 g/mol. The molecule has 0 radical (unpaired) electrons. The predicted molar refractivity (Wildman–Crippen MR) is 160 cm³/mol. The lowest BCUT2D eigenvalue weighted by Gasteiger charge is -2.47. The van der Waals surface area contributed by atoms with Gasteiger partial charge in [0.2, 0.25) is 4.99 Å². The fourth-order valence-corrected chi connectivity index (χ4v) is 6.36. The van der Waals surface area contributed by atoms with E-state index < -0.39 is 9.92 Å². The number of hydrogen-bond donors (Lipinski definition) is 0. The van der Waals surface area contributed by atoms with E-state index >= 15 is 0 Å². The molecular weight excluding hydrogens is 522 g/mol. The number of anilines is 2. The molecule has 0 unspecified atom stereocenters. The number of rotatable bonds is 5. The van der Waals surface area contributed by atoms with Crippen molar-refractivity contribution in [3.05, 3.63) is 135 Å². The van der Waals surface area contributed by atoms with Crippen molar-refractivity contribution in [3.63, 3.8) is 0 Å². The third kappa shape index (κ3) is 4.06. The van der Waals surface area contributed by atoms with E-state index in [1.165, 1.54) is 30.8 Å². The van der Waals surface area contributed by atoms with Gasteiger partial charge in [0.15, 0.2) is 10.8 Å². The smallest absolute Gasteiger partial charge is 0.271 e. The number of fused-ring (bicyclic) bond motifs is 2. The largest absolute Gasteiger partial charge is 0.292 e. The summed E-state index contributed by atoms with van der Waals surface area (Å²) >= 11 is 1.28. The Kier molecular flexibility index (Phi) is 6.23. The van der Waals surface area contributed by atoms with Crippen LogP contribution in [0.5, 0.6) is 0 Å². The topological polar surface area (TPSA) is 91.4 Å². The van der Waals surface area contributed by atoms with Crippen LogP contribution in [0.15, 0.2) is 107 Å². The molecule has 0 saturated carbocycles. The summed E-state index contributed by atoms with van der Waals surface area (Å²) in [5.41, 5.74) is 6.93. The number of para-hydroxylation sites is 1. The lowest BCUT2D eigenvalue weighted by molar-refractivity contribution is -0.384. The number of Topliss-reactive ketones (excluding diaryl/α,β-unsaturated/α-hetero) is 1. The first-order valence-electron chi connectivity index (χ1n) is 12.7. The summed E-state index contributed by atoms with van der Waals surface area (Å²) in [6.45, 7) is 5.59. The third-order valence-electron chi connectivity index (χ3n) is 6.97. The molecule has 1 atom stereocenters. The number of aryl methyl sites for hydroxylation is 2. The second-order valence-corrected chi connectivity index (χ2v) is 10.9. The van der Waals surface area contributed by atoms with Gasteiger partial charge in [0.1, 0.15) is 0 Å². The van der Waals surface area contributed by atoms with Gasteiger partial charge in [-0.3, -0.25) is 14.9 Å². The van der Waals surface area contributed by atoms with E-state index in [2.05, 4.69) is 32.0 Å². The van der Waals surface area contributed by atoms with Gasteiger partial charge in [-0.2, -0.15) is 10.2 Å². The highest BCUT2D eigenvalue weighted by Crippen LogP contribution is 2.55. The molecular formula is C31H25N5O3S. The van der Waals surface area contributed by atoms with Gasteiger partial charge in [0.25, 0.3) is 5.69 Å². The van der Waals surface area contributed by atoms with Crippen molar-refractivity contribution < 1.29 is 9.72 Å². The number of nitro benzene ring substituents is 1. The minimum atomic E-state index is -1.17. The van der Waals surface area contributed by atoms with E-state index in [0.29, 0.717) is 5.69 Å². The lowest BCUT2D eigenvalue weighted by Crippen LogP contribution is -2.54. The highest BCUT2D eigenvalue weighted by Gasteiger charge is 2.56. The fraction of sp³-hybridized carbons (Fsp3) is 0.129. The van der Waals surface area contributed by atoms with E-state index in [1.54, 1.807) is 17.1 Å². The number of benzene rings is 4. The molecule has 0 amide bonds. The maximum atomic E-state index is 12.8. The van der Waals surface area contributed by atoms with Crippen molar-refractivity contribution in [3.8, 4) is 0 Å². The van der Waals surface area contributed by atoms with Crippen LogP contribution in [-0.2, 0) is 9.79 Å². The minimum Gasteiger partial charge on any atom is -0.292 e. The molecule has 0 saturated heterocycles. The Balaban J connectivity index is 1.68. The molecule has 9 heteroatoms. The number of nitro groups is 1. The van der Waals surface area contributed by atoms with Crippen LogP contribution < -0.4 is 10.0 Å². The minimum absolute atomic E-state index is 0.0703. The highest BCUT2D eigenvalue weighted by molar-refractivity contribution is 8.17. The van der Waals surface area contributed by atoms with E-state index in [-0.39, 0.29) is 16.5 Å². The molecule has 2 aliphatic rings. The van der Waals surface area contributed by atoms with Crippen molar-refractivity contribution in [2.45, 2.75) is 25.8 Å². The Hall–Kier alpha value is -4.76. The van der Waals surface area contributed by atoms with Crippen molar-refractivity contribution in [2.75, 3.05) is 10.0 Å². The van der Waals surface area contributed by atoms with Crippen LogP contribution in [0.3, 0.4) is 0 Å². The zero-order valence-electron chi connectivity index (χ0n) is 22.1. The second kappa shape index (κ2) is 9.77. The molecule has 1 spiro atoms. The van der Waals surface area contributed by atoms with Crippen molar-refractivity contribution in [1.29, 1.82) is 0 Å². The van der Waals surface area contributed by atoms with Gasteiger partial charge in [0.05, 0.1) is 22.0 Å². The van der Waals surface area contributed by atoms with Gasteiger partial charge in [-0.1, -0.05) is 66.2 Å². The highest BCUT2D eigenvalue weighted by atomic mass is 32.2. The van der Waals surface area contributed by atoms with Gasteiger partial charge in [-0.15, -0.1) is 0 Å². The Morgan fingerprint density at radius 3 is 2.27 bits per heavy atom. The van der Waals surface area contributed by atoms with Crippen LogP contribution in [0.1, 0.15) is 34.7 Å². The zero-order valence-corrected chi connectivity index (χ0v) is 22.9. The van der Waals surface area contributed by atoms with Crippen LogP contribution in [-0.4, -0.2) is 21.5 Å². The molecule has 0 bridgehead atoms. The van der Waals surface area contributed by atoms with Crippen molar-refractivity contribution in [2.24, 2.45) is 10.2 Å². The molecule has 0 aliphatic carbocycles. The maximum absolute atomic E-state index is 12.8. The van der Waals surface area contributed by atoms with E-state index in [1.807, 2.05) is 59.6 Å². The van der Waals surface area contributed by atoms with E-state index in [4.69, 9.17) is 10.2 Å². The van der Waals surface area contributed by atoms with Crippen molar-refractivity contribution in [1.82, 2.24) is 0 Å². The Labute approximate surface area is 235 Å². The summed E-state index contributed by atoms with van der Waals surface area (Å²) in [6, 6.07) is 30.3. The summed E-state index contributed by atoms with van der Waals surface area (Å²) in [5, 5.41) is 25.6. The molecule has 0 aromatic heterocycles. The standard InChI is InChI=1S/C31H25N5O3S/c1-20-16-17-21(2)27(18-20)29-26-14-7-8-15-28(26)31(34(32-29)23-10-5-4-6-11-23)35(33-30(40-31)22(3)37)24-12-9-13-25(19-24)36(38)39/h4-19H,1-3H3/t31-/m0/s1. The Bertz CT molecular complexity index is 1740. The number of carbonyl (C=O) groups excluding carboxylic acids is 1. The van der Waals surface area contributed by atoms with Crippen LogP contribution in [0.25, 0.3) is 0 Å². The molecule has 0 N–H and O–H groups in total. The first-order valence-corrected chi connectivity index (χ1v) is 13.6. The van der Waals surface area contributed by atoms with Crippen LogP contribution in [0, 0.1) is 24.0 Å². The predicted octanol–water partition coefficient (Wildman–Crippen LogP) is 6.75. The second-order valence-electron chi connectivity index (χ2n) is 9.72. The van der Waals surface area contributed by atoms with Gasteiger partial charge in [0, 0.05) is 35.7 Å². The van der Waals surface area contributed by atoms with Crippen LogP contribution >= 0.6 is 11.8 Å². The first-order chi connectivity index (χ1) is 19.3. The van der Waals surface area contributed by atoms with Gasteiger partial charge in [-0.05, 0) is 55.4 Å². The molecule has 6 rings (SSSR count). The molecule has 4 aromatic rings. The molecule has 40 heavy (non-hydrogen) atoms. The number of nitrogens with zero attached hydrogens (tertiary/aromatic N) is 5. The van der Waals surface area contributed by atoms with Gasteiger partial charge in [-0.25, -0.2) is 10.0 Å². The number of non-ortho nitro benzene ring substituents is 1.